The highest BCUT2D eigenvalue weighted by Crippen LogP contribution is 2.64. The van der Waals surface area contributed by atoms with E-state index in [1.807, 2.05) is 0 Å². The maximum atomic E-state index is 2.97. The molecule has 0 spiro atoms. The molecule has 0 bridgehead atoms. The maximum absolute atomic E-state index is 2.97. The molecule has 29 heavy (non-hydrogen) atoms. The Morgan fingerprint density at radius 3 is 1.14 bits per heavy atom. The lowest BCUT2D eigenvalue weighted by molar-refractivity contribution is -0.0456. The molecular formula is C28H51P. The van der Waals surface area contributed by atoms with Crippen molar-refractivity contribution < 1.29 is 0 Å². The molecular weight excluding hydrogens is 367 g/mol. The van der Waals surface area contributed by atoms with Gasteiger partial charge < -0.3 is 0 Å². The van der Waals surface area contributed by atoms with Gasteiger partial charge in [0, 0.05) is 5.41 Å². The van der Waals surface area contributed by atoms with Crippen molar-refractivity contribution in [1.29, 1.82) is 0 Å². The third-order valence-electron chi connectivity index (χ3n) is 6.79. The first-order chi connectivity index (χ1) is 12.5. The van der Waals surface area contributed by atoms with Gasteiger partial charge in [-0.15, -0.1) is 9.24 Å². The molecule has 0 amide bonds. The molecule has 0 aliphatic carbocycles. The first kappa shape index (κ1) is 26.7. The SMILES string of the molecule is CC(C)(C)c1c(CP)ccc(C(C(C)(C)C)(C(C)(C)C)C(C)(C)C)c1C(C)(C)C. The van der Waals surface area contributed by atoms with Gasteiger partial charge in [0.25, 0.3) is 0 Å². The van der Waals surface area contributed by atoms with E-state index in [2.05, 4.69) is 125 Å². The van der Waals surface area contributed by atoms with E-state index >= 15 is 0 Å². The number of hydrogen-bond donors (Lipinski definition) is 0. The fraction of sp³-hybridized carbons (Fsp3) is 0.786. The van der Waals surface area contributed by atoms with Crippen LogP contribution in [-0.4, -0.2) is 0 Å². The van der Waals surface area contributed by atoms with Gasteiger partial charge in [0.1, 0.15) is 0 Å². The Labute approximate surface area is 186 Å². The van der Waals surface area contributed by atoms with Crippen LogP contribution in [-0.2, 0) is 22.4 Å². The first-order valence-corrected chi connectivity index (χ1v) is 12.2. The Morgan fingerprint density at radius 2 is 0.897 bits per heavy atom. The van der Waals surface area contributed by atoms with Gasteiger partial charge in [-0.05, 0) is 55.5 Å². The summed E-state index contributed by atoms with van der Waals surface area (Å²) in [5.74, 6) is 0. The van der Waals surface area contributed by atoms with E-state index in [1.165, 1.54) is 5.56 Å². The maximum Gasteiger partial charge on any atom is 0.0101 e. The molecule has 1 atom stereocenters. The molecule has 1 aromatic carbocycles. The van der Waals surface area contributed by atoms with E-state index in [0.29, 0.717) is 0 Å². The molecule has 0 heterocycles. The van der Waals surface area contributed by atoms with Gasteiger partial charge in [0.2, 0.25) is 0 Å². The largest absolute Gasteiger partial charge is 0.133 e. The van der Waals surface area contributed by atoms with Crippen molar-refractivity contribution in [1.82, 2.24) is 0 Å². The van der Waals surface area contributed by atoms with Gasteiger partial charge in [-0.1, -0.05) is 116 Å². The highest BCUT2D eigenvalue weighted by Gasteiger charge is 2.59. The molecule has 1 heteroatoms. The summed E-state index contributed by atoms with van der Waals surface area (Å²) in [5, 5.41) is 0. The van der Waals surface area contributed by atoms with Gasteiger partial charge in [0.15, 0.2) is 0 Å². The van der Waals surface area contributed by atoms with Crippen LogP contribution in [0.1, 0.15) is 126 Å². The predicted molar refractivity (Wildman–Crippen MR) is 137 cm³/mol. The minimum absolute atomic E-state index is 0.00493. The van der Waals surface area contributed by atoms with Gasteiger partial charge in [-0.3, -0.25) is 0 Å². The minimum Gasteiger partial charge on any atom is -0.133 e. The van der Waals surface area contributed by atoms with Crippen molar-refractivity contribution in [2.24, 2.45) is 16.2 Å². The zero-order valence-corrected chi connectivity index (χ0v) is 23.6. The molecule has 0 N–H and O–H groups in total. The van der Waals surface area contributed by atoms with E-state index < -0.39 is 0 Å². The van der Waals surface area contributed by atoms with Gasteiger partial charge >= 0.3 is 0 Å². The summed E-state index contributed by atoms with van der Waals surface area (Å²) in [4.78, 5) is 0. The molecule has 1 rings (SSSR count). The fourth-order valence-corrected chi connectivity index (χ4v) is 7.69. The Kier molecular flexibility index (Phi) is 7.04. The van der Waals surface area contributed by atoms with Crippen molar-refractivity contribution in [3.05, 3.63) is 34.4 Å². The average Bonchev–Trinajstić information content (AvgIpc) is 2.40. The Morgan fingerprint density at radius 1 is 0.552 bits per heavy atom. The summed E-state index contributed by atoms with van der Waals surface area (Å²) in [6.07, 6.45) is 1.00. The predicted octanol–water partition coefficient (Wildman–Crippen LogP) is 9.03. The van der Waals surface area contributed by atoms with Crippen LogP contribution in [0.4, 0.5) is 0 Å². The number of benzene rings is 1. The second kappa shape index (κ2) is 7.65. The molecule has 0 nitrogen and oxygen atoms in total. The van der Waals surface area contributed by atoms with Crippen LogP contribution in [0.25, 0.3) is 0 Å². The van der Waals surface area contributed by atoms with Crippen LogP contribution in [0, 0.1) is 16.2 Å². The molecule has 0 aliphatic rings. The topological polar surface area (TPSA) is 0 Å². The van der Waals surface area contributed by atoms with Crippen molar-refractivity contribution in [3.63, 3.8) is 0 Å². The van der Waals surface area contributed by atoms with Crippen molar-refractivity contribution in [3.8, 4) is 0 Å². The number of hydrogen-bond acceptors (Lipinski definition) is 0. The lowest BCUT2D eigenvalue weighted by Crippen LogP contribution is -2.59. The summed E-state index contributed by atoms with van der Waals surface area (Å²) >= 11 is 0. The monoisotopic (exact) mass is 418 g/mol. The van der Waals surface area contributed by atoms with Crippen molar-refractivity contribution in [2.75, 3.05) is 0 Å². The van der Waals surface area contributed by atoms with E-state index in [9.17, 15) is 0 Å². The fourth-order valence-electron chi connectivity index (χ4n) is 7.35. The lowest BCUT2D eigenvalue weighted by Gasteiger charge is -2.63. The van der Waals surface area contributed by atoms with Crippen molar-refractivity contribution in [2.45, 2.75) is 126 Å². The van der Waals surface area contributed by atoms with Crippen molar-refractivity contribution >= 4 is 9.24 Å². The third-order valence-corrected chi connectivity index (χ3v) is 7.23. The number of rotatable bonds is 2. The molecule has 0 fully saturated rings. The van der Waals surface area contributed by atoms with Crippen LogP contribution < -0.4 is 0 Å². The van der Waals surface area contributed by atoms with E-state index in [0.717, 1.165) is 6.16 Å². The summed E-state index contributed by atoms with van der Waals surface area (Å²) in [6, 6.07) is 4.92. The Balaban J connectivity index is 4.47. The second-order valence-electron chi connectivity index (χ2n) is 14.2. The van der Waals surface area contributed by atoms with Crippen LogP contribution in [0.5, 0.6) is 0 Å². The average molecular weight is 419 g/mol. The van der Waals surface area contributed by atoms with Crippen LogP contribution in [0.15, 0.2) is 12.1 Å². The third kappa shape index (κ3) is 4.49. The summed E-state index contributed by atoms with van der Waals surface area (Å²) in [7, 11) is 2.97. The van der Waals surface area contributed by atoms with Crippen LogP contribution in [0.3, 0.4) is 0 Å². The van der Waals surface area contributed by atoms with Gasteiger partial charge in [-0.2, -0.15) is 0 Å². The minimum atomic E-state index is -0.00493. The molecule has 0 aromatic heterocycles. The molecule has 0 radical (unpaired) electrons. The molecule has 0 saturated heterocycles. The zero-order valence-electron chi connectivity index (χ0n) is 22.4. The normalized spacial score (nSPS) is 15.0. The Hall–Kier alpha value is -0.350. The quantitative estimate of drug-likeness (QED) is 0.420. The van der Waals surface area contributed by atoms with E-state index in [-0.39, 0.29) is 32.5 Å². The molecule has 0 aliphatic heterocycles. The summed E-state index contributed by atoms with van der Waals surface area (Å²) in [6.45, 7) is 36.5. The van der Waals surface area contributed by atoms with Crippen LogP contribution in [0.2, 0.25) is 0 Å². The molecule has 1 aromatic rings. The highest BCUT2D eigenvalue weighted by atomic mass is 31.0. The highest BCUT2D eigenvalue weighted by molar-refractivity contribution is 7.15. The van der Waals surface area contributed by atoms with E-state index in [1.54, 1.807) is 16.7 Å². The Bertz CT molecular complexity index is 680. The standard InChI is InChI=1S/C28H51P/c1-23(2,3)21-19(18-29)16-17-20(22(21)24(4,5)6)28(25(7,8)9,26(10,11)12)27(13,14)15/h16-17H,18,29H2,1-15H3. The summed E-state index contributed by atoms with van der Waals surface area (Å²) < 4.78 is 0. The van der Waals surface area contributed by atoms with E-state index in [4.69, 9.17) is 0 Å². The molecule has 0 saturated carbocycles. The second-order valence-corrected chi connectivity index (χ2v) is 14.6. The van der Waals surface area contributed by atoms with Gasteiger partial charge in [-0.25, -0.2) is 0 Å². The summed E-state index contributed by atoms with van der Waals surface area (Å²) in [5.41, 5.74) is 6.62. The van der Waals surface area contributed by atoms with Crippen LogP contribution >= 0.6 is 9.24 Å². The smallest absolute Gasteiger partial charge is 0.0101 e. The zero-order chi connectivity index (χ0) is 23.4. The molecule has 168 valence electrons. The first-order valence-electron chi connectivity index (χ1n) is 11.4. The lowest BCUT2D eigenvalue weighted by atomic mass is 9.41. The van der Waals surface area contributed by atoms with Gasteiger partial charge in [0.05, 0.1) is 0 Å². The molecule has 1 unspecified atom stereocenters.